The van der Waals surface area contributed by atoms with E-state index in [-0.39, 0.29) is 18.4 Å². The Balaban J connectivity index is 2.56. The van der Waals surface area contributed by atoms with Gasteiger partial charge in [0.15, 0.2) is 6.23 Å². The van der Waals surface area contributed by atoms with Gasteiger partial charge in [0.25, 0.3) is 0 Å². The molecule has 4 heteroatoms. The second kappa shape index (κ2) is 4.18. The maximum Gasteiger partial charge on any atom is 0.158 e. The summed E-state index contributed by atoms with van der Waals surface area (Å²) >= 11 is 0. The molecule has 0 aromatic rings. The SMILES string of the molecule is COC1C(C)OC(C)CN1OC. The van der Waals surface area contributed by atoms with E-state index >= 15 is 0 Å². The van der Waals surface area contributed by atoms with Crippen LogP contribution in [0.3, 0.4) is 0 Å². The molecule has 3 unspecified atom stereocenters. The lowest BCUT2D eigenvalue weighted by molar-refractivity contribution is -0.303. The first-order valence-electron chi connectivity index (χ1n) is 4.18. The third-order valence-corrected chi connectivity index (χ3v) is 2.05. The van der Waals surface area contributed by atoms with Crippen molar-refractivity contribution in [3.05, 3.63) is 0 Å². The number of hydrogen-bond acceptors (Lipinski definition) is 4. The molecule has 3 atom stereocenters. The molecule has 1 saturated heterocycles. The summed E-state index contributed by atoms with van der Waals surface area (Å²) in [5, 5.41) is 1.80. The van der Waals surface area contributed by atoms with Crippen molar-refractivity contribution in [2.75, 3.05) is 20.8 Å². The van der Waals surface area contributed by atoms with Crippen LogP contribution in [0.2, 0.25) is 0 Å². The first-order chi connectivity index (χ1) is 5.69. The van der Waals surface area contributed by atoms with Crippen LogP contribution >= 0.6 is 0 Å². The molecule has 1 aliphatic heterocycles. The molecule has 12 heavy (non-hydrogen) atoms. The fourth-order valence-electron chi connectivity index (χ4n) is 1.56. The summed E-state index contributed by atoms with van der Waals surface area (Å²) in [4.78, 5) is 5.16. The minimum Gasteiger partial charge on any atom is -0.370 e. The topological polar surface area (TPSA) is 30.9 Å². The Labute approximate surface area is 73.3 Å². The lowest BCUT2D eigenvalue weighted by atomic mass is 10.2. The van der Waals surface area contributed by atoms with E-state index in [0.29, 0.717) is 0 Å². The van der Waals surface area contributed by atoms with Gasteiger partial charge in [0, 0.05) is 7.11 Å². The third-order valence-electron chi connectivity index (χ3n) is 2.05. The number of ether oxygens (including phenoxy) is 2. The van der Waals surface area contributed by atoms with E-state index in [2.05, 4.69) is 0 Å². The highest BCUT2D eigenvalue weighted by atomic mass is 16.7. The van der Waals surface area contributed by atoms with Crippen molar-refractivity contribution in [1.82, 2.24) is 5.06 Å². The summed E-state index contributed by atoms with van der Waals surface area (Å²) in [5.41, 5.74) is 0. The van der Waals surface area contributed by atoms with Gasteiger partial charge in [0.05, 0.1) is 25.9 Å². The van der Waals surface area contributed by atoms with Gasteiger partial charge in [-0.15, -0.1) is 0 Å². The fourth-order valence-corrected chi connectivity index (χ4v) is 1.56. The van der Waals surface area contributed by atoms with E-state index in [1.807, 2.05) is 13.8 Å². The summed E-state index contributed by atoms with van der Waals surface area (Å²) in [7, 11) is 3.31. The van der Waals surface area contributed by atoms with E-state index in [4.69, 9.17) is 14.3 Å². The first-order valence-corrected chi connectivity index (χ1v) is 4.18. The normalized spacial score (nSPS) is 38.5. The highest BCUT2D eigenvalue weighted by Gasteiger charge is 2.32. The molecular weight excluding hydrogens is 158 g/mol. The zero-order valence-electron chi connectivity index (χ0n) is 8.11. The van der Waals surface area contributed by atoms with Gasteiger partial charge in [-0.3, -0.25) is 4.84 Å². The van der Waals surface area contributed by atoms with Crippen LogP contribution in [0.25, 0.3) is 0 Å². The Bertz CT molecular complexity index is 142. The molecule has 0 spiro atoms. The Hall–Kier alpha value is -0.160. The molecule has 1 aliphatic rings. The molecule has 4 nitrogen and oxygen atoms in total. The molecule has 0 N–H and O–H groups in total. The van der Waals surface area contributed by atoms with Crippen molar-refractivity contribution in [1.29, 1.82) is 0 Å². The van der Waals surface area contributed by atoms with Gasteiger partial charge in [0.2, 0.25) is 0 Å². The third kappa shape index (κ3) is 1.95. The maximum atomic E-state index is 5.58. The molecule has 1 fully saturated rings. The van der Waals surface area contributed by atoms with Crippen molar-refractivity contribution in [2.45, 2.75) is 32.3 Å². The second-order valence-electron chi connectivity index (χ2n) is 3.06. The van der Waals surface area contributed by atoms with Crippen LogP contribution in [-0.2, 0) is 14.3 Å². The van der Waals surface area contributed by atoms with Gasteiger partial charge >= 0.3 is 0 Å². The van der Waals surface area contributed by atoms with Gasteiger partial charge in [-0.05, 0) is 13.8 Å². The van der Waals surface area contributed by atoms with Gasteiger partial charge in [-0.1, -0.05) is 0 Å². The predicted octanol–water partition coefficient (Wildman–Crippen LogP) is 0.629. The summed E-state index contributed by atoms with van der Waals surface area (Å²) in [6, 6.07) is 0. The van der Waals surface area contributed by atoms with E-state index < -0.39 is 0 Å². The molecule has 0 radical (unpaired) electrons. The molecule has 0 aromatic carbocycles. The molecule has 0 bridgehead atoms. The lowest BCUT2D eigenvalue weighted by Crippen LogP contribution is -2.53. The van der Waals surface area contributed by atoms with Crippen LogP contribution in [0, 0.1) is 0 Å². The van der Waals surface area contributed by atoms with Crippen molar-refractivity contribution >= 4 is 0 Å². The number of nitrogens with zero attached hydrogens (tertiary/aromatic N) is 1. The number of methoxy groups -OCH3 is 1. The summed E-state index contributed by atoms with van der Waals surface area (Å²) in [6.45, 7) is 4.75. The van der Waals surface area contributed by atoms with Crippen LogP contribution < -0.4 is 0 Å². The minimum absolute atomic E-state index is 0.0544. The molecule has 0 saturated carbocycles. The number of morpholine rings is 1. The predicted molar refractivity (Wildman–Crippen MR) is 44.5 cm³/mol. The van der Waals surface area contributed by atoms with E-state index in [1.165, 1.54) is 0 Å². The molecule has 72 valence electrons. The highest BCUT2D eigenvalue weighted by molar-refractivity contribution is 4.72. The molecular formula is C8H17NO3. The number of hydroxylamine groups is 2. The first kappa shape index (κ1) is 9.92. The van der Waals surface area contributed by atoms with Gasteiger partial charge in [-0.25, -0.2) is 0 Å². The quantitative estimate of drug-likeness (QED) is 0.616. The Morgan fingerprint density at radius 3 is 2.50 bits per heavy atom. The molecule has 1 rings (SSSR count). The Morgan fingerprint density at radius 1 is 1.33 bits per heavy atom. The van der Waals surface area contributed by atoms with Crippen LogP contribution in [0.15, 0.2) is 0 Å². The van der Waals surface area contributed by atoms with Crippen LogP contribution in [0.4, 0.5) is 0 Å². The van der Waals surface area contributed by atoms with E-state index in [9.17, 15) is 0 Å². The average Bonchev–Trinajstić information content (AvgIpc) is 2.03. The summed E-state index contributed by atoms with van der Waals surface area (Å²) in [6.07, 6.45) is 0.163. The zero-order chi connectivity index (χ0) is 9.14. The summed E-state index contributed by atoms with van der Waals surface area (Å²) in [5.74, 6) is 0. The zero-order valence-corrected chi connectivity index (χ0v) is 8.11. The largest absolute Gasteiger partial charge is 0.370 e. The number of rotatable bonds is 2. The van der Waals surface area contributed by atoms with Crippen molar-refractivity contribution in [3.63, 3.8) is 0 Å². The average molecular weight is 175 g/mol. The van der Waals surface area contributed by atoms with Crippen molar-refractivity contribution < 1.29 is 14.3 Å². The van der Waals surface area contributed by atoms with Crippen LogP contribution in [0.1, 0.15) is 13.8 Å². The van der Waals surface area contributed by atoms with Crippen molar-refractivity contribution in [3.8, 4) is 0 Å². The standard InChI is InChI=1S/C8H17NO3/c1-6-5-9(11-4)8(10-3)7(2)12-6/h6-8H,5H2,1-4H3. The molecule has 1 heterocycles. The Kier molecular flexibility index (Phi) is 3.46. The molecule has 0 amide bonds. The molecule has 0 aromatic heterocycles. The fraction of sp³-hybridized carbons (Fsp3) is 1.00. The van der Waals surface area contributed by atoms with E-state index in [1.54, 1.807) is 19.3 Å². The highest BCUT2D eigenvalue weighted by Crippen LogP contribution is 2.17. The smallest absolute Gasteiger partial charge is 0.158 e. The van der Waals surface area contributed by atoms with Gasteiger partial charge < -0.3 is 9.47 Å². The Morgan fingerprint density at radius 2 is 2.00 bits per heavy atom. The van der Waals surface area contributed by atoms with Gasteiger partial charge in [0.1, 0.15) is 0 Å². The van der Waals surface area contributed by atoms with Gasteiger partial charge in [-0.2, -0.15) is 5.06 Å². The monoisotopic (exact) mass is 175 g/mol. The maximum absolute atomic E-state index is 5.58. The number of hydrogen-bond donors (Lipinski definition) is 0. The van der Waals surface area contributed by atoms with Crippen LogP contribution in [-0.4, -0.2) is 44.3 Å². The minimum atomic E-state index is -0.0915. The van der Waals surface area contributed by atoms with Crippen molar-refractivity contribution in [2.24, 2.45) is 0 Å². The lowest BCUT2D eigenvalue weighted by Gasteiger charge is -2.39. The summed E-state index contributed by atoms with van der Waals surface area (Å²) < 4.78 is 10.8. The molecule has 0 aliphatic carbocycles. The van der Waals surface area contributed by atoms with E-state index in [0.717, 1.165) is 6.54 Å². The van der Waals surface area contributed by atoms with Crippen LogP contribution in [0.5, 0.6) is 0 Å². The second-order valence-corrected chi connectivity index (χ2v) is 3.06.